The molecule has 0 saturated carbocycles. The zero-order valence-electron chi connectivity index (χ0n) is 8.31. The van der Waals surface area contributed by atoms with Crippen LogP contribution in [-0.4, -0.2) is 28.7 Å². The Morgan fingerprint density at radius 1 is 1.20 bits per heavy atom. The summed E-state index contributed by atoms with van der Waals surface area (Å²) in [6, 6.07) is 0. The monoisotopic (exact) mass is 227 g/mol. The molecule has 0 rings (SSSR count). The molecular formula is C8H12F3NO3. The van der Waals surface area contributed by atoms with Crippen LogP contribution in [0.4, 0.5) is 13.2 Å². The van der Waals surface area contributed by atoms with E-state index < -0.39 is 23.6 Å². The number of carboxylic acid groups (broad SMARTS) is 1. The Morgan fingerprint density at radius 3 is 1.80 bits per heavy atom. The summed E-state index contributed by atoms with van der Waals surface area (Å²) in [5.41, 5.74) is -1.84. The van der Waals surface area contributed by atoms with Gasteiger partial charge >= 0.3 is 18.1 Å². The predicted octanol–water partition coefficient (Wildman–Crippen LogP) is 1.31. The Labute approximate surface area is 84.5 Å². The van der Waals surface area contributed by atoms with E-state index in [2.05, 4.69) is 0 Å². The highest BCUT2D eigenvalue weighted by atomic mass is 19.4. The van der Waals surface area contributed by atoms with Gasteiger partial charge in [-0.05, 0) is 12.8 Å². The molecule has 0 fully saturated rings. The molecule has 0 aromatic carbocycles. The molecule has 0 saturated heterocycles. The van der Waals surface area contributed by atoms with E-state index in [0.717, 1.165) is 0 Å². The molecule has 0 spiro atoms. The average molecular weight is 227 g/mol. The lowest BCUT2D eigenvalue weighted by molar-refractivity contribution is -0.178. The average Bonchev–Trinajstić information content (AvgIpc) is 2.11. The Bertz CT molecular complexity index is 258. The van der Waals surface area contributed by atoms with Gasteiger partial charge in [0.25, 0.3) is 0 Å². The molecule has 0 aliphatic rings. The molecule has 7 heteroatoms. The van der Waals surface area contributed by atoms with Gasteiger partial charge in [0.1, 0.15) is 5.54 Å². The van der Waals surface area contributed by atoms with Crippen LogP contribution in [0.1, 0.15) is 26.7 Å². The van der Waals surface area contributed by atoms with Crippen LogP contribution < -0.4 is 5.32 Å². The summed E-state index contributed by atoms with van der Waals surface area (Å²) in [5, 5.41) is 10.3. The second-order valence-corrected chi connectivity index (χ2v) is 3.05. The fraction of sp³-hybridized carbons (Fsp3) is 0.750. The Morgan fingerprint density at radius 2 is 1.60 bits per heavy atom. The second-order valence-electron chi connectivity index (χ2n) is 3.05. The van der Waals surface area contributed by atoms with Gasteiger partial charge in [-0.1, -0.05) is 13.8 Å². The molecule has 0 aromatic heterocycles. The molecule has 88 valence electrons. The zero-order chi connectivity index (χ0) is 12.3. The SMILES string of the molecule is CCC(CC)(NC(=O)C(F)(F)F)C(=O)O. The molecule has 0 unspecified atom stereocenters. The van der Waals surface area contributed by atoms with Crippen LogP contribution >= 0.6 is 0 Å². The van der Waals surface area contributed by atoms with Crippen molar-refractivity contribution in [2.45, 2.75) is 38.4 Å². The van der Waals surface area contributed by atoms with E-state index in [9.17, 15) is 22.8 Å². The Balaban J connectivity index is 4.85. The van der Waals surface area contributed by atoms with Gasteiger partial charge in [-0.2, -0.15) is 13.2 Å². The van der Waals surface area contributed by atoms with E-state index in [0.29, 0.717) is 0 Å². The van der Waals surface area contributed by atoms with E-state index >= 15 is 0 Å². The lowest BCUT2D eigenvalue weighted by Gasteiger charge is -2.28. The van der Waals surface area contributed by atoms with Crippen molar-refractivity contribution in [3.05, 3.63) is 0 Å². The van der Waals surface area contributed by atoms with Crippen molar-refractivity contribution in [2.24, 2.45) is 0 Å². The van der Waals surface area contributed by atoms with Crippen LogP contribution in [0.5, 0.6) is 0 Å². The van der Waals surface area contributed by atoms with Gasteiger partial charge in [0, 0.05) is 0 Å². The second kappa shape index (κ2) is 4.50. The number of amides is 1. The number of hydrogen-bond donors (Lipinski definition) is 2. The summed E-state index contributed by atoms with van der Waals surface area (Å²) in [5.74, 6) is -3.70. The highest BCUT2D eigenvalue weighted by molar-refractivity contribution is 5.89. The molecule has 0 radical (unpaired) electrons. The molecule has 4 nitrogen and oxygen atoms in total. The molecule has 1 amide bonds. The highest BCUT2D eigenvalue weighted by Gasteiger charge is 2.45. The maximum atomic E-state index is 11.9. The topological polar surface area (TPSA) is 66.4 Å². The smallest absolute Gasteiger partial charge is 0.471 e. The first-order valence-corrected chi connectivity index (χ1v) is 4.32. The normalized spacial score (nSPS) is 12.3. The van der Waals surface area contributed by atoms with Crippen molar-refractivity contribution in [1.82, 2.24) is 5.32 Å². The van der Waals surface area contributed by atoms with Crippen molar-refractivity contribution >= 4 is 11.9 Å². The van der Waals surface area contributed by atoms with E-state index in [1.54, 1.807) is 0 Å². The number of rotatable bonds is 4. The van der Waals surface area contributed by atoms with Crippen molar-refractivity contribution in [1.29, 1.82) is 0 Å². The van der Waals surface area contributed by atoms with E-state index in [1.165, 1.54) is 19.2 Å². The summed E-state index contributed by atoms with van der Waals surface area (Å²) in [4.78, 5) is 21.4. The molecule has 15 heavy (non-hydrogen) atoms. The number of alkyl halides is 3. The minimum absolute atomic E-state index is 0.110. The number of carboxylic acids is 1. The van der Waals surface area contributed by atoms with Crippen LogP contribution in [0, 0.1) is 0 Å². The third-order valence-corrected chi connectivity index (χ3v) is 2.23. The fourth-order valence-electron chi connectivity index (χ4n) is 1.07. The summed E-state index contributed by atoms with van der Waals surface area (Å²) in [6.07, 6.45) is -5.29. The minimum atomic E-state index is -5.06. The van der Waals surface area contributed by atoms with Crippen molar-refractivity contribution in [2.75, 3.05) is 0 Å². The van der Waals surface area contributed by atoms with Gasteiger partial charge in [-0.15, -0.1) is 0 Å². The lowest BCUT2D eigenvalue weighted by Crippen LogP contribution is -2.57. The fourth-order valence-corrected chi connectivity index (χ4v) is 1.07. The maximum Gasteiger partial charge on any atom is 0.471 e. The van der Waals surface area contributed by atoms with Crippen molar-refractivity contribution < 1.29 is 27.9 Å². The van der Waals surface area contributed by atoms with Gasteiger partial charge in [0.05, 0.1) is 0 Å². The van der Waals surface area contributed by atoms with Crippen LogP contribution in [0.25, 0.3) is 0 Å². The van der Waals surface area contributed by atoms with Gasteiger partial charge in [-0.25, -0.2) is 4.79 Å². The molecule has 0 aromatic rings. The van der Waals surface area contributed by atoms with E-state index in [4.69, 9.17) is 5.11 Å². The van der Waals surface area contributed by atoms with Crippen LogP contribution in [-0.2, 0) is 9.59 Å². The molecule has 0 aliphatic carbocycles. The van der Waals surface area contributed by atoms with Crippen LogP contribution in [0.3, 0.4) is 0 Å². The van der Waals surface area contributed by atoms with Gasteiger partial charge in [0.2, 0.25) is 0 Å². The molecular weight excluding hydrogens is 215 g/mol. The molecule has 2 N–H and O–H groups in total. The molecule has 0 bridgehead atoms. The summed E-state index contributed by atoms with van der Waals surface area (Å²) in [6.45, 7) is 2.79. The van der Waals surface area contributed by atoms with Crippen LogP contribution in [0.2, 0.25) is 0 Å². The third kappa shape index (κ3) is 3.10. The molecule has 0 atom stereocenters. The number of hydrogen-bond acceptors (Lipinski definition) is 2. The minimum Gasteiger partial charge on any atom is -0.480 e. The Kier molecular flexibility index (Phi) is 4.12. The number of carbonyl (C=O) groups is 2. The lowest BCUT2D eigenvalue weighted by atomic mass is 9.93. The number of halogens is 3. The third-order valence-electron chi connectivity index (χ3n) is 2.23. The van der Waals surface area contributed by atoms with E-state index in [-0.39, 0.29) is 12.8 Å². The van der Waals surface area contributed by atoms with Gasteiger partial charge < -0.3 is 10.4 Å². The summed E-state index contributed by atoms with van der Waals surface area (Å²) < 4.78 is 35.7. The van der Waals surface area contributed by atoms with E-state index in [1.807, 2.05) is 0 Å². The largest absolute Gasteiger partial charge is 0.480 e. The first-order chi connectivity index (χ1) is 6.69. The molecule has 0 heterocycles. The maximum absolute atomic E-state index is 11.9. The zero-order valence-corrected chi connectivity index (χ0v) is 8.31. The number of nitrogens with one attached hydrogen (secondary N) is 1. The summed E-state index contributed by atoms with van der Waals surface area (Å²) in [7, 11) is 0. The standard InChI is InChI=1S/C8H12F3NO3/c1-3-7(4-2,6(14)15)12-5(13)8(9,10)11/h3-4H2,1-2H3,(H,12,13)(H,14,15). The number of carbonyl (C=O) groups excluding carboxylic acids is 1. The Hall–Kier alpha value is -1.27. The predicted molar refractivity (Wildman–Crippen MR) is 45.1 cm³/mol. The van der Waals surface area contributed by atoms with Crippen molar-refractivity contribution in [3.63, 3.8) is 0 Å². The van der Waals surface area contributed by atoms with Crippen LogP contribution in [0.15, 0.2) is 0 Å². The number of aliphatic carboxylic acids is 1. The first kappa shape index (κ1) is 13.7. The molecule has 0 aliphatic heterocycles. The van der Waals surface area contributed by atoms with Gasteiger partial charge in [-0.3, -0.25) is 4.79 Å². The first-order valence-electron chi connectivity index (χ1n) is 4.32. The summed E-state index contributed by atoms with van der Waals surface area (Å²) >= 11 is 0. The van der Waals surface area contributed by atoms with Gasteiger partial charge in [0.15, 0.2) is 0 Å². The quantitative estimate of drug-likeness (QED) is 0.760. The van der Waals surface area contributed by atoms with Crippen molar-refractivity contribution in [3.8, 4) is 0 Å². The highest BCUT2D eigenvalue weighted by Crippen LogP contribution is 2.20.